The van der Waals surface area contributed by atoms with E-state index in [2.05, 4.69) is 0 Å². The summed E-state index contributed by atoms with van der Waals surface area (Å²) in [6.45, 7) is 1.26. The van der Waals surface area contributed by atoms with Crippen LogP contribution in [-0.2, 0) is 19.4 Å². The first-order valence-corrected chi connectivity index (χ1v) is 9.14. The van der Waals surface area contributed by atoms with Crippen LogP contribution in [0.25, 0.3) is 5.76 Å². The molecule has 5 nitrogen and oxygen atoms in total. The van der Waals surface area contributed by atoms with E-state index in [0.717, 1.165) is 6.26 Å². The number of hydrogen-bond acceptors (Lipinski definition) is 5. The van der Waals surface area contributed by atoms with E-state index in [0.29, 0.717) is 16.3 Å². The smallest absolute Gasteiger partial charge is 0.308 e. The van der Waals surface area contributed by atoms with E-state index in [-0.39, 0.29) is 10.7 Å². The summed E-state index contributed by atoms with van der Waals surface area (Å²) in [5, 5.41) is 0.572. The van der Waals surface area contributed by atoms with Crippen molar-refractivity contribution < 1.29 is 22.7 Å². The van der Waals surface area contributed by atoms with Crippen molar-refractivity contribution in [2.45, 2.75) is 11.8 Å². The van der Waals surface area contributed by atoms with E-state index < -0.39 is 15.8 Å². The first-order valence-electron chi connectivity index (χ1n) is 6.87. The Kier molecular flexibility index (Phi) is 5.64. The lowest BCUT2D eigenvalue weighted by Gasteiger charge is -2.09. The van der Waals surface area contributed by atoms with Gasteiger partial charge in [-0.3, -0.25) is 4.79 Å². The predicted octanol–water partition coefficient (Wildman–Crippen LogP) is 3.68. The van der Waals surface area contributed by atoms with Crippen LogP contribution in [0.5, 0.6) is 5.75 Å². The van der Waals surface area contributed by atoms with Crippen molar-refractivity contribution in [2.24, 2.45) is 0 Å². The highest BCUT2D eigenvalue weighted by Gasteiger charge is 2.11. The minimum atomic E-state index is -3.30. The largest absolute Gasteiger partial charge is 0.461 e. The van der Waals surface area contributed by atoms with E-state index in [9.17, 15) is 13.2 Å². The molecule has 0 N–H and O–H groups in total. The zero-order valence-corrected chi connectivity index (χ0v) is 14.6. The van der Waals surface area contributed by atoms with E-state index in [1.54, 1.807) is 24.3 Å². The SMILES string of the molecule is CC(=O)OC(=COc1ccc(Cl)cc1)c1ccc(S(C)(=O)=O)cc1. The molecule has 0 unspecified atom stereocenters. The summed E-state index contributed by atoms with van der Waals surface area (Å²) in [5.74, 6) is 0.155. The monoisotopic (exact) mass is 366 g/mol. The zero-order chi connectivity index (χ0) is 17.7. The van der Waals surface area contributed by atoms with Gasteiger partial charge in [0.05, 0.1) is 4.90 Å². The summed E-state index contributed by atoms with van der Waals surface area (Å²) in [6, 6.07) is 12.6. The van der Waals surface area contributed by atoms with Gasteiger partial charge in [0.25, 0.3) is 0 Å². The molecule has 0 amide bonds. The molecule has 24 heavy (non-hydrogen) atoms. The molecule has 0 saturated heterocycles. The Labute approximate surface area is 145 Å². The lowest BCUT2D eigenvalue weighted by atomic mass is 10.2. The molecule has 2 rings (SSSR count). The van der Waals surface area contributed by atoms with E-state index in [1.165, 1.54) is 37.5 Å². The molecule has 2 aromatic rings. The number of ether oxygens (including phenoxy) is 2. The summed E-state index contributed by atoms with van der Waals surface area (Å²) in [6.07, 6.45) is 2.40. The molecule has 0 aliphatic carbocycles. The zero-order valence-electron chi connectivity index (χ0n) is 13.0. The molecule has 0 bridgehead atoms. The topological polar surface area (TPSA) is 69.7 Å². The summed E-state index contributed by atoms with van der Waals surface area (Å²) < 4.78 is 33.6. The maximum absolute atomic E-state index is 11.5. The Morgan fingerprint density at radius 1 is 1.04 bits per heavy atom. The minimum Gasteiger partial charge on any atom is -0.461 e. The fourth-order valence-corrected chi connectivity index (χ4v) is 2.56. The van der Waals surface area contributed by atoms with Crippen molar-refractivity contribution in [2.75, 3.05) is 6.26 Å². The number of rotatable bonds is 5. The molecular formula is C17H15ClO5S. The summed E-state index contributed by atoms with van der Waals surface area (Å²) in [5.41, 5.74) is 0.506. The van der Waals surface area contributed by atoms with Crippen LogP contribution in [0, 0.1) is 0 Å². The average molecular weight is 367 g/mol. The molecule has 0 aliphatic heterocycles. The molecular weight excluding hydrogens is 352 g/mol. The first kappa shape index (κ1) is 18.0. The maximum atomic E-state index is 11.5. The highest BCUT2D eigenvalue weighted by molar-refractivity contribution is 7.90. The van der Waals surface area contributed by atoms with Crippen LogP contribution in [0.15, 0.2) is 59.7 Å². The molecule has 7 heteroatoms. The highest BCUT2D eigenvalue weighted by atomic mass is 35.5. The molecule has 0 fully saturated rings. The van der Waals surface area contributed by atoms with Gasteiger partial charge in [0.1, 0.15) is 12.0 Å². The molecule has 0 spiro atoms. The van der Waals surface area contributed by atoms with Crippen molar-refractivity contribution in [1.29, 1.82) is 0 Å². The molecule has 0 radical (unpaired) electrons. The van der Waals surface area contributed by atoms with Gasteiger partial charge in [-0.1, -0.05) is 11.6 Å². The summed E-state index contributed by atoms with van der Waals surface area (Å²) in [4.78, 5) is 11.5. The molecule has 0 aromatic heterocycles. The van der Waals surface area contributed by atoms with Gasteiger partial charge >= 0.3 is 5.97 Å². The van der Waals surface area contributed by atoms with Crippen molar-refractivity contribution in [3.63, 3.8) is 0 Å². The molecule has 0 heterocycles. The van der Waals surface area contributed by atoms with Crippen molar-refractivity contribution >= 4 is 33.2 Å². The fourth-order valence-electron chi connectivity index (χ4n) is 1.81. The van der Waals surface area contributed by atoms with E-state index >= 15 is 0 Å². The van der Waals surface area contributed by atoms with Gasteiger partial charge in [-0.15, -0.1) is 0 Å². The second-order valence-corrected chi connectivity index (χ2v) is 7.40. The Hall–Kier alpha value is -2.31. The fraction of sp³-hybridized carbons (Fsp3) is 0.118. The Balaban J connectivity index is 2.28. The third-order valence-electron chi connectivity index (χ3n) is 2.94. The number of halogens is 1. The lowest BCUT2D eigenvalue weighted by Crippen LogP contribution is -2.01. The molecule has 0 atom stereocenters. The third-order valence-corrected chi connectivity index (χ3v) is 4.32. The van der Waals surface area contributed by atoms with Gasteiger partial charge in [0.15, 0.2) is 15.6 Å². The Bertz CT molecular complexity index is 853. The van der Waals surface area contributed by atoms with Crippen molar-refractivity contribution in [1.82, 2.24) is 0 Å². The van der Waals surface area contributed by atoms with E-state index in [1.807, 2.05) is 0 Å². The van der Waals surface area contributed by atoms with Crippen LogP contribution >= 0.6 is 11.6 Å². The van der Waals surface area contributed by atoms with Crippen LogP contribution < -0.4 is 4.74 Å². The van der Waals surface area contributed by atoms with Gasteiger partial charge < -0.3 is 9.47 Å². The number of carbonyl (C=O) groups is 1. The predicted molar refractivity (Wildman–Crippen MR) is 91.4 cm³/mol. The van der Waals surface area contributed by atoms with Crippen LogP contribution in [0.2, 0.25) is 5.02 Å². The number of esters is 1. The third kappa shape index (κ3) is 5.11. The number of benzene rings is 2. The Morgan fingerprint density at radius 3 is 2.12 bits per heavy atom. The number of hydrogen-bond donors (Lipinski definition) is 0. The Morgan fingerprint density at radius 2 is 1.62 bits per heavy atom. The lowest BCUT2D eigenvalue weighted by molar-refractivity contribution is -0.134. The van der Waals surface area contributed by atoms with Crippen molar-refractivity contribution in [3.8, 4) is 5.75 Å². The minimum absolute atomic E-state index is 0.164. The second-order valence-electron chi connectivity index (χ2n) is 4.94. The average Bonchev–Trinajstić information content (AvgIpc) is 2.52. The number of carbonyl (C=O) groups excluding carboxylic acids is 1. The maximum Gasteiger partial charge on any atom is 0.308 e. The van der Waals surface area contributed by atoms with Crippen LogP contribution in [0.1, 0.15) is 12.5 Å². The normalized spacial score (nSPS) is 11.9. The van der Waals surface area contributed by atoms with Crippen LogP contribution in [0.4, 0.5) is 0 Å². The summed E-state index contributed by atoms with van der Waals surface area (Å²) >= 11 is 5.80. The molecule has 126 valence electrons. The van der Waals surface area contributed by atoms with Gasteiger partial charge in [-0.2, -0.15) is 0 Å². The molecule has 2 aromatic carbocycles. The van der Waals surface area contributed by atoms with E-state index in [4.69, 9.17) is 21.1 Å². The highest BCUT2D eigenvalue weighted by Crippen LogP contribution is 2.21. The van der Waals surface area contributed by atoms with Crippen LogP contribution in [0.3, 0.4) is 0 Å². The molecule has 0 aliphatic rings. The van der Waals surface area contributed by atoms with Gasteiger partial charge in [0.2, 0.25) is 0 Å². The standard InChI is InChI=1S/C17H15ClO5S/c1-12(19)23-17(11-22-15-7-5-14(18)6-8-15)13-3-9-16(10-4-13)24(2,20)21/h3-11H,1-2H3. The number of sulfone groups is 1. The van der Waals surface area contributed by atoms with Crippen LogP contribution in [-0.4, -0.2) is 20.6 Å². The van der Waals surface area contributed by atoms with Gasteiger partial charge in [-0.25, -0.2) is 8.42 Å². The quantitative estimate of drug-likeness (QED) is 0.596. The molecule has 0 saturated carbocycles. The van der Waals surface area contributed by atoms with Gasteiger partial charge in [-0.05, 0) is 48.5 Å². The first-order chi connectivity index (χ1) is 11.3. The van der Waals surface area contributed by atoms with Gasteiger partial charge in [0, 0.05) is 23.8 Å². The van der Waals surface area contributed by atoms with Crippen molar-refractivity contribution in [3.05, 3.63) is 65.4 Å². The second kappa shape index (κ2) is 7.51. The summed E-state index contributed by atoms with van der Waals surface area (Å²) in [7, 11) is -3.30.